The van der Waals surface area contributed by atoms with Crippen LogP contribution < -0.4 is 9.54 Å². The Kier molecular flexibility index (Phi) is 5.12. The molecule has 0 saturated heterocycles. The van der Waals surface area contributed by atoms with Crippen molar-refractivity contribution in [1.82, 2.24) is 4.57 Å². The number of terminal acetylenes is 1. The van der Waals surface area contributed by atoms with Crippen molar-refractivity contribution in [2.75, 3.05) is 7.11 Å². The number of thiazole rings is 1. The minimum Gasteiger partial charge on any atom is -0.497 e. The summed E-state index contributed by atoms with van der Waals surface area (Å²) in [4.78, 5) is 17.0. The summed E-state index contributed by atoms with van der Waals surface area (Å²) >= 11 is 1.41. The first-order valence-electron chi connectivity index (χ1n) is 7.64. The number of nitrogens with zero attached hydrogens (tertiary/aromatic N) is 2. The molecule has 1 aromatic heterocycles. The summed E-state index contributed by atoms with van der Waals surface area (Å²) in [5.41, 5.74) is 1.88. The van der Waals surface area contributed by atoms with E-state index in [1.807, 2.05) is 53.1 Å². The first-order chi connectivity index (χ1) is 12.2. The Morgan fingerprint density at radius 2 is 2.12 bits per heavy atom. The minimum atomic E-state index is -0.326. The van der Waals surface area contributed by atoms with E-state index in [4.69, 9.17) is 11.2 Å². The van der Waals surface area contributed by atoms with Gasteiger partial charge in [-0.3, -0.25) is 4.79 Å². The Balaban J connectivity index is 2.00. The van der Waals surface area contributed by atoms with Gasteiger partial charge in [0.25, 0.3) is 5.91 Å². The summed E-state index contributed by atoms with van der Waals surface area (Å²) in [6.45, 7) is 0.348. The van der Waals surface area contributed by atoms with Crippen LogP contribution in [0.1, 0.15) is 5.56 Å². The quantitative estimate of drug-likeness (QED) is 0.535. The smallest absolute Gasteiger partial charge is 0.272 e. The highest BCUT2D eigenvalue weighted by molar-refractivity contribution is 7.16. The molecule has 25 heavy (non-hydrogen) atoms. The number of methoxy groups -OCH3 is 1. The number of hydrogen-bond donors (Lipinski definition) is 0. The monoisotopic (exact) mass is 348 g/mol. The molecule has 0 aliphatic carbocycles. The molecule has 0 atom stereocenters. The van der Waals surface area contributed by atoms with Gasteiger partial charge in [0.05, 0.1) is 23.9 Å². The third-order valence-electron chi connectivity index (χ3n) is 3.56. The minimum absolute atomic E-state index is 0.326. The second-order valence-electron chi connectivity index (χ2n) is 5.20. The molecule has 1 heterocycles. The summed E-state index contributed by atoms with van der Waals surface area (Å²) in [5, 5.41) is 0. The molecule has 4 nitrogen and oxygen atoms in total. The number of rotatable bonds is 4. The Morgan fingerprint density at radius 3 is 2.84 bits per heavy atom. The molecule has 0 fully saturated rings. The second-order valence-corrected chi connectivity index (χ2v) is 6.21. The van der Waals surface area contributed by atoms with Crippen LogP contribution in [0.5, 0.6) is 5.75 Å². The molecule has 2 aromatic carbocycles. The summed E-state index contributed by atoms with van der Waals surface area (Å²) in [5.74, 6) is 3.04. The van der Waals surface area contributed by atoms with Crippen molar-refractivity contribution in [1.29, 1.82) is 0 Å². The zero-order valence-electron chi connectivity index (χ0n) is 13.7. The van der Waals surface area contributed by atoms with E-state index < -0.39 is 0 Å². The van der Waals surface area contributed by atoms with Crippen molar-refractivity contribution in [3.8, 4) is 18.1 Å². The Labute approximate surface area is 149 Å². The molecule has 0 N–H and O–H groups in total. The molecular weight excluding hydrogens is 332 g/mol. The molecule has 0 radical (unpaired) electrons. The van der Waals surface area contributed by atoms with Gasteiger partial charge >= 0.3 is 0 Å². The maximum absolute atomic E-state index is 12.2. The van der Waals surface area contributed by atoms with E-state index in [9.17, 15) is 4.79 Å². The van der Waals surface area contributed by atoms with Crippen LogP contribution in [-0.4, -0.2) is 17.6 Å². The van der Waals surface area contributed by atoms with Gasteiger partial charge in [0.15, 0.2) is 4.80 Å². The van der Waals surface area contributed by atoms with Gasteiger partial charge in [-0.15, -0.1) is 6.42 Å². The van der Waals surface area contributed by atoms with Gasteiger partial charge in [-0.2, -0.15) is 4.99 Å². The van der Waals surface area contributed by atoms with Crippen molar-refractivity contribution in [2.24, 2.45) is 4.99 Å². The molecule has 0 bridgehead atoms. The van der Waals surface area contributed by atoms with Crippen LogP contribution in [0.25, 0.3) is 16.3 Å². The molecular formula is C20H16N2O2S. The van der Waals surface area contributed by atoms with E-state index in [-0.39, 0.29) is 5.91 Å². The molecule has 1 amide bonds. The average molecular weight is 348 g/mol. The number of benzene rings is 2. The zero-order valence-corrected chi connectivity index (χ0v) is 14.5. The van der Waals surface area contributed by atoms with Crippen LogP contribution in [-0.2, 0) is 11.3 Å². The number of carbonyl (C=O) groups excluding carboxylic acids is 1. The van der Waals surface area contributed by atoms with E-state index in [1.165, 1.54) is 17.4 Å². The molecule has 3 aromatic rings. The van der Waals surface area contributed by atoms with Crippen molar-refractivity contribution in [3.63, 3.8) is 0 Å². The molecule has 0 unspecified atom stereocenters. The van der Waals surface area contributed by atoms with Crippen molar-refractivity contribution in [2.45, 2.75) is 6.54 Å². The molecule has 0 spiro atoms. The number of ether oxygens (including phenoxy) is 1. The molecule has 0 aliphatic heterocycles. The normalized spacial score (nSPS) is 11.8. The van der Waals surface area contributed by atoms with Gasteiger partial charge < -0.3 is 9.30 Å². The highest BCUT2D eigenvalue weighted by Crippen LogP contribution is 2.23. The number of amides is 1. The van der Waals surface area contributed by atoms with E-state index in [1.54, 1.807) is 13.2 Å². The Morgan fingerprint density at radius 1 is 1.32 bits per heavy atom. The summed E-state index contributed by atoms with van der Waals surface area (Å²) in [6.07, 6.45) is 8.67. The molecule has 0 saturated carbocycles. The average Bonchev–Trinajstić information content (AvgIpc) is 2.97. The van der Waals surface area contributed by atoms with Crippen LogP contribution in [0.4, 0.5) is 0 Å². The summed E-state index contributed by atoms with van der Waals surface area (Å²) in [7, 11) is 1.62. The molecule has 5 heteroatoms. The van der Waals surface area contributed by atoms with Crippen LogP contribution in [0.15, 0.2) is 59.6 Å². The number of hydrogen-bond acceptors (Lipinski definition) is 3. The van der Waals surface area contributed by atoms with Crippen LogP contribution in [0, 0.1) is 12.3 Å². The first-order valence-corrected chi connectivity index (χ1v) is 8.45. The second kappa shape index (κ2) is 7.65. The lowest BCUT2D eigenvalue weighted by molar-refractivity contribution is -0.113. The van der Waals surface area contributed by atoms with Gasteiger partial charge in [0, 0.05) is 6.08 Å². The lowest BCUT2D eigenvalue weighted by atomic mass is 10.2. The van der Waals surface area contributed by atoms with E-state index in [0.29, 0.717) is 11.3 Å². The van der Waals surface area contributed by atoms with Gasteiger partial charge in [0.2, 0.25) is 0 Å². The standard InChI is InChI=1S/C20H16N2O2S/c1-3-13-22-17-11-10-16(24-2)14-18(17)25-20(22)21-19(23)12-9-15-7-5-4-6-8-15/h1,4-12,14H,13H2,2H3/b12-9+,21-20?. The van der Waals surface area contributed by atoms with Gasteiger partial charge in [0.1, 0.15) is 5.75 Å². The lowest BCUT2D eigenvalue weighted by Gasteiger charge is -2.01. The fraction of sp³-hybridized carbons (Fsp3) is 0.100. The third kappa shape index (κ3) is 3.87. The Hall–Kier alpha value is -3.10. The highest BCUT2D eigenvalue weighted by Gasteiger charge is 2.07. The van der Waals surface area contributed by atoms with Crippen LogP contribution >= 0.6 is 11.3 Å². The van der Waals surface area contributed by atoms with Gasteiger partial charge in [-0.05, 0) is 29.8 Å². The largest absolute Gasteiger partial charge is 0.497 e. The van der Waals surface area contributed by atoms with Crippen LogP contribution in [0.2, 0.25) is 0 Å². The van der Waals surface area contributed by atoms with Gasteiger partial charge in [-0.1, -0.05) is 47.6 Å². The Bertz CT molecular complexity index is 1040. The predicted molar refractivity (Wildman–Crippen MR) is 101 cm³/mol. The van der Waals surface area contributed by atoms with Gasteiger partial charge in [-0.25, -0.2) is 0 Å². The molecule has 0 aliphatic rings. The lowest BCUT2D eigenvalue weighted by Crippen LogP contribution is -2.15. The van der Waals surface area contributed by atoms with E-state index in [2.05, 4.69) is 10.9 Å². The number of aromatic nitrogens is 1. The van der Waals surface area contributed by atoms with E-state index in [0.717, 1.165) is 21.5 Å². The number of carbonyl (C=O) groups is 1. The van der Waals surface area contributed by atoms with Crippen molar-refractivity contribution >= 4 is 33.5 Å². The summed E-state index contributed by atoms with van der Waals surface area (Å²) < 4.78 is 8.07. The maximum atomic E-state index is 12.2. The number of fused-ring (bicyclic) bond motifs is 1. The van der Waals surface area contributed by atoms with Crippen molar-refractivity contribution < 1.29 is 9.53 Å². The highest BCUT2D eigenvalue weighted by atomic mass is 32.1. The predicted octanol–water partition coefficient (Wildman–Crippen LogP) is 3.49. The molecule has 3 rings (SSSR count). The SMILES string of the molecule is C#CCn1c(=NC(=O)/C=C/c2ccccc2)sc2cc(OC)ccc21. The van der Waals surface area contributed by atoms with Crippen LogP contribution in [0.3, 0.4) is 0 Å². The van der Waals surface area contributed by atoms with E-state index >= 15 is 0 Å². The zero-order chi connectivity index (χ0) is 17.6. The third-order valence-corrected chi connectivity index (χ3v) is 4.60. The topological polar surface area (TPSA) is 43.6 Å². The van der Waals surface area contributed by atoms with Crippen molar-refractivity contribution in [3.05, 3.63) is 65.0 Å². The molecule has 124 valence electrons. The maximum Gasteiger partial charge on any atom is 0.272 e. The fourth-order valence-corrected chi connectivity index (χ4v) is 3.44. The fourth-order valence-electron chi connectivity index (χ4n) is 2.37. The first kappa shape index (κ1) is 16.7. The summed E-state index contributed by atoms with van der Waals surface area (Å²) in [6, 6.07) is 15.3.